The van der Waals surface area contributed by atoms with Crippen LogP contribution in [0.5, 0.6) is 0 Å². The Bertz CT molecular complexity index is 836. The molecule has 3 rings (SSSR count). The maximum absolute atomic E-state index is 13.2. The molecule has 1 aliphatic heterocycles. The summed E-state index contributed by atoms with van der Waals surface area (Å²) in [7, 11) is 0. The van der Waals surface area contributed by atoms with E-state index >= 15 is 0 Å². The maximum atomic E-state index is 13.2. The predicted molar refractivity (Wildman–Crippen MR) is 106 cm³/mol. The summed E-state index contributed by atoms with van der Waals surface area (Å²) >= 11 is 0. The van der Waals surface area contributed by atoms with Crippen molar-refractivity contribution in [3.63, 3.8) is 0 Å². The van der Waals surface area contributed by atoms with E-state index in [2.05, 4.69) is 11.1 Å². The molecule has 6 heteroatoms. The van der Waals surface area contributed by atoms with E-state index in [9.17, 15) is 14.9 Å². The minimum Gasteiger partial charge on any atom is -0.459 e. The van der Waals surface area contributed by atoms with Crippen molar-refractivity contribution in [2.45, 2.75) is 71.3 Å². The second-order valence-electron chi connectivity index (χ2n) is 8.77. The normalized spacial score (nSPS) is 19.4. The van der Waals surface area contributed by atoms with Crippen LogP contribution >= 0.6 is 0 Å². The third-order valence-corrected chi connectivity index (χ3v) is 5.59. The molecule has 1 N–H and O–H groups in total. The Labute approximate surface area is 166 Å². The van der Waals surface area contributed by atoms with Gasteiger partial charge in [0.1, 0.15) is 11.8 Å². The van der Waals surface area contributed by atoms with E-state index in [0.717, 1.165) is 31.2 Å². The zero-order chi connectivity index (χ0) is 20.5. The first-order valence-corrected chi connectivity index (χ1v) is 10.1. The number of aromatic amines is 1. The highest BCUT2D eigenvalue weighted by Crippen LogP contribution is 2.37. The first-order valence-electron chi connectivity index (χ1n) is 10.1. The molecule has 1 fully saturated rings. The Morgan fingerprint density at radius 1 is 1.29 bits per heavy atom. The lowest BCUT2D eigenvalue weighted by atomic mass is 9.83. The summed E-state index contributed by atoms with van der Waals surface area (Å²) in [6.45, 7) is 8.11. The fourth-order valence-electron chi connectivity index (χ4n) is 4.20. The van der Waals surface area contributed by atoms with Gasteiger partial charge in [-0.05, 0) is 38.3 Å². The molecular weight excluding hydrogens is 354 g/mol. The van der Waals surface area contributed by atoms with Gasteiger partial charge in [0.15, 0.2) is 0 Å². The van der Waals surface area contributed by atoms with E-state index in [1.54, 1.807) is 31.0 Å². The fourth-order valence-corrected chi connectivity index (χ4v) is 4.20. The van der Waals surface area contributed by atoms with Gasteiger partial charge in [-0.15, -0.1) is 0 Å². The van der Waals surface area contributed by atoms with Crippen molar-refractivity contribution in [1.29, 1.82) is 5.26 Å². The Hall–Kier alpha value is -2.55. The third-order valence-electron chi connectivity index (χ3n) is 5.59. The number of amides is 1. The lowest BCUT2D eigenvalue weighted by Gasteiger charge is -2.32. The second-order valence-corrected chi connectivity index (χ2v) is 8.77. The number of rotatable bonds is 3. The minimum atomic E-state index is -0.485. The van der Waals surface area contributed by atoms with Crippen molar-refractivity contribution in [3.8, 4) is 6.07 Å². The van der Waals surface area contributed by atoms with E-state index in [-0.39, 0.29) is 17.9 Å². The van der Waals surface area contributed by atoms with E-state index in [1.165, 1.54) is 6.42 Å². The van der Waals surface area contributed by atoms with Crippen LogP contribution in [0.25, 0.3) is 5.57 Å². The van der Waals surface area contributed by atoms with E-state index in [4.69, 9.17) is 4.74 Å². The molecule has 6 nitrogen and oxygen atoms in total. The number of carbonyl (C=O) groups is 2. The predicted octanol–water partition coefficient (Wildman–Crippen LogP) is 3.88. The zero-order valence-electron chi connectivity index (χ0n) is 17.2. The summed E-state index contributed by atoms with van der Waals surface area (Å²) < 4.78 is 5.44. The largest absolute Gasteiger partial charge is 0.459 e. The molecule has 1 aromatic heterocycles. The first kappa shape index (κ1) is 20.2. The van der Waals surface area contributed by atoms with Crippen molar-refractivity contribution >= 4 is 17.4 Å². The van der Waals surface area contributed by atoms with Gasteiger partial charge in [-0.3, -0.25) is 4.79 Å². The van der Waals surface area contributed by atoms with Crippen molar-refractivity contribution in [3.05, 3.63) is 29.2 Å². The highest BCUT2D eigenvalue weighted by Gasteiger charge is 2.38. The van der Waals surface area contributed by atoms with Crippen molar-refractivity contribution in [2.24, 2.45) is 5.92 Å². The monoisotopic (exact) mass is 383 g/mol. The molecule has 0 saturated heterocycles. The van der Waals surface area contributed by atoms with E-state index in [1.807, 2.05) is 13.8 Å². The molecule has 1 aliphatic carbocycles. The topological polar surface area (TPSA) is 86.2 Å². The standard InChI is InChI=1S/C22H29N3O3/c1-14(2)28-21(27)17-12-25(20(26)15-8-6-5-7-9-15)13-22(3,4)18-10-16(11-23)24-19(17)18/h10,12,14-15,24H,5-9,13H2,1-4H3. The molecule has 1 aromatic rings. The zero-order valence-corrected chi connectivity index (χ0v) is 17.2. The number of H-pyrrole nitrogens is 1. The highest BCUT2D eigenvalue weighted by molar-refractivity contribution is 6.17. The highest BCUT2D eigenvalue weighted by atomic mass is 16.5. The van der Waals surface area contributed by atoms with Gasteiger partial charge in [-0.2, -0.15) is 5.26 Å². The number of esters is 1. The van der Waals surface area contributed by atoms with Crippen LogP contribution in [0.3, 0.4) is 0 Å². The van der Waals surface area contributed by atoms with Crippen molar-refractivity contribution in [1.82, 2.24) is 9.88 Å². The molecule has 0 radical (unpaired) electrons. The summed E-state index contributed by atoms with van der Waals surface area (Å²) in [5.41, 5.74) is 1.72. The lowest BCUT2D eigenvalue weighted by Crippen LogP contribution is -2.40. The van der Waals surface area contributed by atoms with E-state index in [0.29, 0.717) is 23.5 Å². The molecule has 1 amide bonds. The average molecular weight is 383 g/mol. The number of nitriles is 1. The number of fused-ring (bicyclic) bond motifs is 1. The van der Waals surface area contributed by atoms with Gasteiger partial charge in [0.05, 0.1) is 17.4 Å². The molecule has 2 aliphatic rings. The van der Waals surface area contributed by atoms with Crippen molar-refractivity contribution < 1.29 is 14.3 Å². The molecule has 150 valence electrons. The van der Waals surface area contributed by atoms with Gasteiger partial charge in [-0.25, -0.2) is 4.79 Å². The Morgan fingerprint density at radius 2 is 1.96 bits per heavy atom. The van der Waals surface area contributed by atoms with Crippen LogP contribution in [-0.2, 0) is 19.7 Å². The Morgan fingerprint density at radius 3 is 2.57 bits per heavy atom. The summed E-state index contributed by atoms with van der Waals surface area (Å²) in [6.07, 6.45) is 6.49. The number of nitrogens with one attached hydrogen (secondary N) is 1. The molecule has 28 heavy (non-hydrogen) atoms. The smallest absolute Gasteiger partial charge is 0.342 e. The lowest BCUT2D eigenvalue weighted by molar-refractivity contribution is -0.140. The Balaban J connectivity index is 2.05. The number of aromatic nitrogens is 1. The van der Waals surface area contributed by atoms with Crippen LogP contribution in [-0.4, -0.2) is 34.4 Å². The molecule has 0 unspecified atom stereocenters. The molecule has 0 bridgehead atoms. The fraction of sp³-hybridized carbons (Fsp3) is 0.591. The SMILES string of the molecule is CC(C)OC(=O)C1=CN(C(=O)C2CCCCC2)CC(C)(C)c2cc(C#N)[nH]c21. The number of ether oxygens (including phenoxy) is 1. The van der Waals surface area contributed by atoms with E-state index < -0.39 is 11.4 Å². The summed E-state index contributed by atoms with van der Waals surface area (Å²) in [6, 6.07) is 3.89. The number of nitrogens with zero attached hydrogens (tertiary/aromatic N) is 2. The maximum Gasteiger partial charge on any atom is 0.342 e. The van der Waals surface area contributed by atoms with Gasteiger partial charge in [0, 0.05) is 24.1 Å². The van der Waals surface area contributed by atoms with Gasteiger partial charge in [0.25, 0.3) is 0 Å². The third kappa shape index (κ3) is 3.99. The summed E-state index contributed by atoms with van der Waals surface area (Å²) in [4.78, 5) is 30.8. The van der Waals surface area contributed by atoms with Crippen LogP contribution < -0.4 is 0 Å². The number of hydrogen-bond donors (Lipinski definition) is 1. The molecule has 0 aromatic carbocycles. The van der Waals surface area contributed by atoms with Gasteiger partial charge in [0.2, 0.25) is 5.91 Å². The Kier molecular flexibility index (Phi) is 5.64. The summed E-state index contributed by atoms with van der Waals surface area (Å²) in [5, 5.41) is 9.33. The van der Waals surface area contributed by atoms with Crippen LogP contribution in [0.2, 0.25) is 0 Å². The molecule has 2 heterocycles. The van der Waals surface area contributed by atoms with Gasteiger partial charge in [-0.1, -0.05) is 33.1 Å². The number of hydrogen-bond acceptors (Lipinski definition) is 4. The molecule has 1 saturated carbocycles. The van der Waals surface area contributed by atoms with Crippen molar-refractivity contribution in [2.75, 3.05) is 6.54 Å². The molecular formula is C22H29N3O3. The van der Waals surface area contributed by atoms with Gasteiger partial charge >= 0.3 is 5.97 Å². The van der Waals surface area contributed by atoms with Crippen LogP contribution in [0.4, 0.5) is 0 Å². The van der Waals surface area contributed by atoms with Crippen LogP contribution in [0.15, 0.2) is 12.3 Å². The van der Waals surface area contributed by atoms with Crippen LogP contribution in [0, 0.1) is 17.2 Å². The minimum absolute atomic E-state index is 0.00859. The second kappa shape index (κ2) is 7.83. The number of carbonyl (C=O) groups excluding carboxylic acids is 2. The van der Waals surface area contributed by atoms with Crippen LogP contribution in [0.1, 0.15) is 76.8 Å². The quantitative estimate of drug-likeness (QED) is 0.803. The first-order chi connectivity index (χ1) is 13.2. The van der Waals surface area contributed by atoms with Gasteiger partial charge < -0.3 is 14.6 Å². The molecule has 0 atom stereocenters. The summed E-state index contributed by atoms with van der Waals surface area (Å²) in [5.74, 6) is -0.399. The molecule has 0 spiro atoms. The average Bonchev–Trinajstić information content (AvgIpc) is 3.05.